The number of anilines is 1. The average molecular weight is 233 g/mol. The van der Waals surface area contributed by atoms with Crippen LogP contribution in [0.3, 0.4) is 0 Å². The first kappa shape index (κ1) is 11.8. The first-order valence-electron chi connectivity index (χ1n) is 4.15. The minimum absolute atomic E-state index is 0.0676. The first-order valence-corrected chi connectivity index (χ1v) is 5.03. The summed E-state index contributed by atoms with van der Waals surface area (Å²) in [6.45, 7) is 0. The third-order valence-electron chi connectivity index (χ3n) is 1.65. The number of hydrogen-bond acceptors (Lipinski definition) is 6. The van der Waals surface area contributed by atoms with E-state index in [-0.39, 0.29) is 5.57 Å². The number of methoxy groups -OCH3 is 1. The number of carbonyl (C=O) groups excluding carboxylic acids is 1. The third kappa shape index (κ3) is 2.59. The van der Waals surface area contributed by atoms with Crippen molar-refractivity contribution >= 4 is 23.0 Å². The molecule has 5 nitrogen and oxygen atoms in total. The second kappa shape index (κ2) is 5.54. The Morgan fingerprint density at radius 2 is 2.25 bits per heavy atom. The van der Waals surface area contributed by atoms with Crippen LogP contribution in [0.2, 0.25) is 0 Å². The number of nitriles is 2. The molecule has 80 valence electrons. The lowest BCUT2D eigenvalue weighted by molar-refractivity contribution is 0.0607. The molecule has 0 unspecified atom stereocenters. The van der Waals surface area contributed by atoms with E-state index in [1.807, 2.05) is 0 Å². The minimum atomic E-state index is -0.457. The van der Waals surface area contributed by atoms with Crippen LogP contribution in [0.15, 0.2) is 23.2 Å². The Balaban J connectivity index is 2.88. The van der Waals surface area contributed by atoms with E-state index >= 15 is 0 Å². The van der Waals surface area contributed by atoms with Crippen LogP contribution in [-0.2, 0) is 4.74 Å². The van der Waals surface area contributed by atoms with Crippen LogP contribution in [0.1, 0.15) is 9.67 Å². The molecule has 0 bridgehead atoms. The third-order valence-corrected chi connectivity index (χ3v) is 2.54. The van der Waals surface area contributed by atoms with Gasteiger partial charge in [-0.15, -0.1) is 11.3 Å². The Hall–Kier alpha value is -2.31. The molecule has 0 aliphatic heterocycles. The molecule has 0 spiro atoms. The predicted octanol–water partition coefficient (Wildman–Crippen LogP) is 1.88. The lowest BCUT2D eigenvalue weighted by Gasteiger charge is -2.00. The normalized spacial score (nSPS) is 8.44. The molecule has 1 aromatic rings. The largest absolute Gasteiger partial charge is 0.465 e. The SMILES string of the molecule is COC(=O)c1sccc1NC=C(C#N)C#N. The lowest BCUT2D eigenvalue weighted by Crippen LogP contribution is -2.01. The summed E-state index contributed by atoms with van der Waals surface area (Å²) in [7, 11) is 1.29. The number of nitrogens with one attached hydrogen (secondary N) is 1. The summed E-state index contributed by atoms with van der Waals surface area (Å²) in [6, 6.07) is 5.07. The van der Waals surface area contributed by atoms with Gasteiger partial charge in [0.25, 0.3) is 0 Å². The summed E-state index contributed by atoms with van der Waals surface area (Å²) in [5.74, 6) is -0.457. The molecular formula is C10H7N3O2S. The van der Waals surface area contributed by atoms with Crippen molar-refractivity contribution in [1.29, 1.82) is 10.5 Å². The van der Waals surface area contributed by atoms with Gasteiger partial charge in [-0.1, -0.05) is 0 Å². The fourth-order valence-corrected chi connectivity index (χ4v) is 1.69. The second-order valence-corrected chi connectivity index (χ2v) is 3.50. The quantitative estimate of drug-likeness (QED) is 0.636. The van der Waals surface area contributed by atoms with Gasteiger partial charge in [0.05, 0.1) is 12.8 Å². The first-order chi connectivity index (χ1) is 7.72. The van der Waals surface area contributed by atoms with E-state index in [0.29, 0.717) is 10.6 Å². The van der Waals surface area contributed by atoms with Gasteiger partial charge in [0, 0.05) is 6.20 Å². The van der Waals surface area contributed by atoms with E-state index < -0.39 is 5.97 Å². The smallest absolute Gasteiger partial charge is 0.350 e. The van der Waals surface area contributed by atoms with Crippen LogP contribution < -0.4 is 5.32 Å². The second-order valence-electron chi connectivity index (χ2n) is 2.58. The van der Waals surface area contributed by atoms with Crippen molar-refractivity contribution in [3.8, 4) is 12.1 Å². The molecular weight excluding hydrogens is 226 g/mol. The van der Waals surface area contributed by atoms with E-state index in [0.717, 1.165) is 0 Å². The van der Waals surface area contributed by atoms with Crippen LogP contribution in [0.4, 0.5) is 5.69 Å². The van der Waals surface area contributed by atoms with Gasteiger partial charge >= 0.3 is 5.97 Å². The zero-order valence-corrected chi connectivity index (χ0v) is 9.17. The molecule has 0 aliphatic rings. The number of esters is 1. The lowest BCUT2D eigenvalue weighted by atomic mass is 10.3. The van der Waals surface area contributed by atoms with E-state index in [1.165, 1.54) is 24.6 Å². The molecule has 0 saturated heterocycles. The number of hydrogen-bond donors (Lipinski definition) is 1. The van der Waals surface area contributed by atoms with Crippen molar-refractivity contribution in [3.63, 3.8) is 0 Å². The van der Waals surface area contributed by atoms with Crippen molar-refractivity contribution in [2.45, 2.75) is 0 Å². The summed E-state index contributed by atoms with van der Waals surface area (Å²) in [5.41, 5.74) is 0.446. The molecule has 0 aromatic carbocycles. The van der Waals surface area contributed by atoms with Crippen molar-refractivity contribution in [2.24, 2.45) is 0 Å². The van der Waals surface area contributed by atoms with Gasteiger partial charge in [-0.2, -0.15) is 10.5 Å². The zero-order valence-electron chi connectivity index (χ0n) is 8.35. The molecule has 0 saturated carbocycles. The number of ether oxygens (including phenoxy) is 1. The number of rotatable bonds is 3. The van der Waals surface area contributed by atoms with Gasteiger partial charge in [0.15, 0.2) is 0 Å². The summed E-state index contributed by atoms with van der Waals surface area (Å²) in [4.78, 5) is 11.7. The Bertz CT molecular complexity index is 489. The van der Waals surface area contributed by atoms with Crippen LogP contribution in [-0.4, -0.2) is 13.1 Å². The Morgan fingerprint density at radius 3 is 2.81 bits per heavy atom. The molecule has 0 amide bonds. The molecule has 1 rings (SSSR count). The standard InChI is InChI=1S/C10H7N3O2S/c1-15-10(14)9-8(2-3-16-9)13-6-7(4-11)5-12/h2-3,6,13H,1H3. The fraction of sp³-hybridized carbons (Fsp3) is 0.100. The Labute approximate surface area is 96.2 Å². The molecule has 1 heterocycles. The highest BCUT2D eigenvalue weighted by Gasteiger charge is 2.12. The predicted molar refractivity (Wildman–Crippen MR) is 58.6 cm³/mol. The van der Waals surface area contributed by atoms with Gasteiger partial charge < -0.3 is 10.1 Å². The topological polar surface area (TPSA) is 85.9 Å². The maximum atomic E-state index is 11.3. The van der Waals surface area contributed by atoms with Crippen molar-refractivity contribution < 1.29 is 9.53 Å². The summed E-state index contributed by atoms with van der Waals surface area (Å²) in [6.07, 6.45) is 1.24. The Kier molecular flexibility index (Phi) is 4.07. The summed E-state index contributed by atoms with van der Waals surface area (Å²) >= 11 is 1.22. The van der Waals surface area contributed by atoms with E-state index in [2.05, 4.69) is 10.1 Å². The molecule has 16 heavy (non-hydrogen) atoms. The monoisotopic (exact) mass is 233 g/mol. The number of carbonyl (C=O) groups is 1. The van der Waals surface area contributed by atoms with Gasteiger partial charge in [0.2, 0.25) is 0 Å². The molecule has 0 radical (unpaired) electrons. The number of thiophene rings is 1. The maximum absolute atomic E-state index is 11.3. The molecule has 0 aliphatic carbocycles. The van der Waals surface area contributed by atoms with E-state index in [1.54, 1.807) is 23.6 Å². The highest BCUT2D eigenvalue weighted by Crippen LogP contribution is 2.23. The van der Waals surface area contributed by atoms with Crippen LogP contribution in [0.5, 0.6) is 0 Å². The van der Waals surface area contributed by atoms with Crippen LogP contribution in [0.25, 0.3) is 0 Å². The molecule has 1 N–H and O–H groups in total. The van der Waals surface area contributed by atoms with Gasteiger partial charge in [-0.25, -0.2) is 4.79 Å². The average Bonchev–Trinajstić information content (AvgIpc) is 2.77. The fourth-order valence-electron chi connectivity index (χ4n) is 0.913. The van der Waals surface area contributed by atoms with Gasteiger partial charge in [-0.05, 0) is 11.4 Å². The van der Waals surface area contributed by atoms with E-state index in [4.69, 9.17) is 10.5 Å². The molecule has 0 atom stereocenters. The maximum Gasteiger partial charge on any atom is 0.350 e. The van der Waals surface area contributed by atoms with Crippen molar-refractivity contribution in [2.75, 3.05) is 12.4 Å². The van der Waals surface area contributed by atoms with Crippen LogP contribution in [0, 0.1) is 22.7 Å². The number of allylic oxidation sites excluding steroid dienone is 1. The number of nitrogens with zero attached hydrogens (tertiary/aromatic N) is 2. The van der Waals surface area contributed by atoms with Gasteiger partial charge in [0.1, 0.15) is 22.6 Å². The molecule has 6 heteroatoms. The highest BCUT2D eigenvalue weighted by atomic mass is 32.1. The summed E-state index contributed by atoms with van der Waals surface area (Å²) in [5, 5.41) is 21.4. The Morgan fingerprint density at radius 1 is 1.56 bits per heavy atom. The van der Waals surface area contributed by atoms with Crippen molar-refractivity contribution in [3.05, 3.63) is 28.1 Å². The van der Waals surface area contributed by atoms with Crippen molar-refractivity contribution in [1.82, 2.24) is 0 Å². The van der Waals surface area contributed by atoms with Crippen LogP contribution >= 0.6 is 11.3 Å². The highest BCUT2D eigenvalue weighted by molar-refractivity contribution is 7.12. The minimum Gasteiger partial charge on any atom is -0.465 e. The molecule has 0 fully saturated rings. The summed E-state index contributed by atoms with van der Waals surface area (Å²) < 4.78 is 4.58. The van der Waals surface area contributed by atoms with E-state index in [9.17, 15) is 4.79 Å². The zero-order chi connectivity index (χ0) is 12.0. The van der Waals surface area contributed by atoms with Gasteiger partial charge in [-0.3, -0.25) is 0 Å². The molecule has 1 aromatic heterocycles.